The Bertz CT molecular complexity index is 133. The fraction of sp³-hybridized carbons (Fsp3) is 0.667. The second-order valence-electron chi connectivity index (χ2n) is 1.32. The van der Waals surface area contributed by atoms with Crippen molar-refractivity contribution in [1.82, 2.24) is 0 Å². The summed E-state index contributed by atoms with van der Waals surface area (Å²) >= 11 is 11.7. The summed E-state index contributed by atoms with van der Waals surface area (Å²) in [5.41, 5.74) is 0. The minimum Gasteiger partial charge on any atom is -0.285 e. The molecule has 0 aliphatic heterocycles. The Balaban J connectivity index is 4.40. The molecule has 0 radical (unpaired) electrons. The SMILES string of the molecule is O=C(C(F)(F)F)C(Cl)(Cl)Br. The van der Waals surface area contributed by atoms with Crippen LogP contribution < -0.4 is 0 Å². The van der Waals surface area contributed by atoms with Gasteiger partial charge in [0.2, 0.25) is 3.24 Å². The van der Waals surface area contributed by atoms with Crippen LogP contribution in [0.25, 0.3) is 0 Å². The van der Waals surface area contributed by atoms with Crippen LogP contribution in [0.4, 0.5) is 13.2 Å². The smallest absolute Gasteiger partial charge is 0.285 e. The van der Waals surface area contributed by atoms with Gasteiger partial charge in [0.05, 0.1) is 0 Å². The molecular weight excluding hydrogens is 260 g/mol. The number of halogens is 6. The summed E-state index contributed by atoms with van der Waals surface area (Å²) in [6, 6.07) is 0. The van der Waals surface area contributed by atoms with Crippen molar-refractivity contribution >= 4 is 44.9 Å². The number of Topliss-reactive ketones (excluding diaryl/α,β-unsaturated/α-hetero) is 1. The molecule has 1 nitrogen and oxygen atoms in total. The minimum absolute atomic E-state index is 2.14. The number of carbonyl (C=O) groups is 1. The van der Waals surface area contributed by atoms with Crippen molar-refractivity contribution in [2.75, 3.05) is 0 Å². The predicted octanol–water partition coefficient (Wildman–Crippen LogP) is 2.64. The highest BCUT2D eigenvalue weighted by Gasteiger charge is 2.50. The number of ketones is 1. The van der Waals surface area contributed by atoms with E-state index in [0.29, 0.717) is 0 Å². The van der Waals surface area contributed by atoms with Crippen LogP contribution in [0, 0.1) is 0 Å². The molecule has 0 unspecified atom stereocenters. The summed E-state index contributed by atoms with van der Waals surface area (Å²) in [6.45, 7) is 0. The molecule has 0 aromatic rings. The van der Waals surface area contributed by atoms with Crippen molar-refractivity contribution in [2.45, 2.75) is 9.42 Å². The average Bonchev–Trinajstić information content (AvgIpc) is 1.59. The van der Waals surface area contributed by atoms with Crippen LogP contribution in [0.5, 0.6) is 0 Å². The number of alkyl halides is 6. The molecule has 0 N–H and O–H groups in total. The zero-order valence-electron chi connectivity index (χ0n) is 4.18. The Morgan fingerprint density at radius 2 is 1.60 bits per heavy atom. The maximum atomic E-state index is 11.4. The molecule has 0 spiro atoms. The fourth-order valence-corrected chi connectivity index (χ4v) is 0.600. The van der Waals surface area contributed by atoms with Gasteiger partial charge in [-0.05, 0) is 15.9 Å². The van der Waals surface area contributed by atoms with Gasteiger partial charge in [-0.25, -0.2) is 0 Å². The van der Waals surface area contributed by atoms with Gasteiger partial charge in [-0.2, -0.15) is 13.2 Å². The largest absolute Gasteiger partial charge is 0.454 e. The second kappa shape index (κ2) is 2.87. The third-order valence-electron chi connectivity index (χ3n) is 0.515. The third kappa shape index (κ3) is 3.07. The van der Waals surface area contributed by atoms with Gasteiger partial charge in [0, 0.05) is 0 Å². The molecule has 0 saturated heterocycles. The van der Waals surface area contributed by atoms with Crippen LogP contribution in [-0.4, -0.2) is 15.2 Å². The Kier molecular flexibility index (Phi) is 3.02. The van der Waals surface area contributed by atoms with E-state index in [1.54, 1.807) is 0 Å². The average molecular weight is 260 g/mol. The lowest BCUT2D eigenvalue weighted by atomic mass is 10.4. The molecule has 7 heteroatoms. The highest BCUT2D eigenvalue weighted by Crippen LogP contribution is 2.36. The van der Waals surface area contributed by atoms with Crippen LogP contribution in [0.3, 0.4) is 0 Å². The first-order valence-electron chi connectivity index (χ1n) is 1.84. The Hall–Kier alpha value is 0.520. The van der Waals surface area contributed by atoms with E-state index in [-0.39, 0.29) is 0 Å². The number of hydrogen-bond donors (Lipinski definition) is 0. The van der Waals surface area contributed by atoms with Crippen LogP contribution in [0.1, 0.15) is 0 Å². The van der Waals surface area contributed by atoms with Crippen molar-refractivity contribution in [3.8, 4) is 0 Å². The first kappa shape index (κ1) is 10.5. The predicted molar refractivity (Wildman–Crippen MR) is 34.4 cm³/mol. The Labute approximate surface area is 72.6 Å². The molecule has 0 aromatic carbocycles. The molecule has 0 fully saturated rings. The highest BCUT2D eigenvalue weighted by atomic mass is 79.9. The van der Waals surface area contributed by atoms with E-state index in [2.05, 4.69) is 15.9 Å². The molecule has 0 heterocycles. The van der Waals surface area contributed by atoms with E-state index in [1.807, 2.05) is 0 Å². The normalized spacial score (nSPS) is 13.4. The van der Waals surface area contributed by atoms with E-state index >= 15 is 0 Å². The summed E-state index contributed by atoms with van der Waals surface area (Å²) in [4.78, 5) is 10.1. The van der Waals surface area contributed by atoms with E-state index in [4.69, 9.17) is 23.2 Å². The van der Waals surface area contributed by atoms with Gasteiger partial charge in [0.15, 0.2) is 0 Å². The van der Waals surface area contributed by atoms with Crippen LogP contribution in [-0.2, 0) is 4.79 Å². The Morgan fingerprint density at radius 3 is 1.60 bits per heavy atom. The lowest BCUT2D eigenvalue weighted by Crippen LogP contribution is -2.33. The fourth-order valence-electron chi connectivity index (χ4n) is 0.161. The number of hydrogen-bond acceptors (Lipinski definition) is 1. The maximum Gasteiger partial charge on any atom is 0.454 e. The van der Waals surface area contributed by atoms with E-state index in [0.717, 1.165) is 0 Å². The molecule has 0 amide bonds. The number of rotatable bonds is 1. The van der Waals surface area contributed by atoms with Gasteiger partial charge in [0.1, 0.15) is 0 Å². The first-order chi connectivity index (χ1) is 4.15. The minimum atomic E-state index is -5.01. The van der Waals surface area contributed by atoms with Crippen molar-refractivity contribution in [1.29, 1.82) is 0 Å². The molecule has 60 valence electrons. The van der Waals surface area contributed by atoms with Gasteiger partial charge >= 0.3 is 6.18 Å². The molecule has 0 atom stereocenters. The van der Waals surface area contributed by atoms with Gasteiger partial charge in [0.25, 0.3) is 5.78 Å². The topological polar surface area (TPSA) is 17.1 Å². The molecule has 0 bridgehead atoms. The standard InChI is InChI=1S/C3BrCl2F3O/c4-2(5,6)1(10)3(7,8)9. The molecule has 0 saturated carbocycles. The molecule has 0 aromatic heterocycles. The Morgan fingerprint density at radius 1 is 1.30 bits per heavy atom. The number of carbonyl (C=O) groups excluding carboxylic acids is 1. The third-order valence-corrected chi connectivity index (χ3v) is 1.22. The summed E-state index contributed by atoms with van der Waals surface area (Å²) in [7, 11) is 0. The molecular formula is C3BrCl2F3O. The van der Waals surface area contributed by atoms with Gasteiger partial charge in [-0.15, -0.1) is 0 Å². The van der Waals surface area contributed by atoms with Crippen molar-refractivity contribution in [3.05, 3.63) is 0 Å². The highest BCUT2D eigenvalue weighted by molar-refractivity contribution is 9.11. The van der Waals surface area contributed by atoms with Gasteiger partial charge < -0.3 is 0 Å². The summed E-state index contributed by atoms with van der Waals surface area (Å²) in [5, 5.41) is 0. The quantitative estimate of drug-likeness (QED) is 0.662. The molecule has 0 rings (SSSR count). The lowest BCUT2D eigenvalue weighted by Gasteiger charge is -2.11. The maximum absolute atomic E-state index is 11.4. The van der Waals surface area contributed by atoms with Crippen LogP contribution in [0.2, 0.25) is 0 Å². The zero-order chi connectivity index (χ0) is 8.58. The second-order valence-corrected chi connectivity index (χ2v) is 4.75. The molecule has 0 aliphatic rings. The summed E-state index contributed by atoms with van der Waals surface area (Å²) < 4.78 is 31.6. The molecule has 0 aliphatic carbocycles. The monoisotopic (exact) mass is 258 g/mol. The van der Waals surface area contributed by atoms with Crippen LogP contribution in [0.15, 0.2) is 0 Å². The zero-order valence-corrected chi connectivity index (χ0v) is 7.27. The molecule has 10 heavy (non-hydrogen) atoms. The summed E-state index contributed by atoms with van der Waals surface area (Å²) in [6.07, 6.45) is -5.01. The van der Waals surface area contributed by atoms with Gasteiger partial charge in [-0.1, -0.05) is 23.2 Å². The van der Waals surface area contributed by atoms with E-state index in [9.17, 15) is 18.0 Å². The summed E-state index contributed by atoms with van der Waals surface area (Å²) in [5.74, 6) is -2.23. The van der Waals surface area contributed by atoms with Crippen molar-refractivity contribution in [3.63, 3.8) is 0 Å². The van der Waals surface area contributed by atoms with E-state index < -0.39 is 15.2 Å². The van der Waals surface area contributed by atoms with Gasteiger partial charge in [-0.3, -0.25) is 4.79 Å². The van der Waals surface area contributed by atoms with E-state index in [1.165, 1.54) is 0 Å². The van der Waals surface area contributed by atoms with Crippen molar-refractivity contribution < 1.29 is 18.0 Å². The lowest BCUT2D eigenvalue weighted by molar-refractivity contribution is -0.169. The first-order valence-corrected chi connectivity index (χ1v) is 3.39. The van der Waals surface area contributed by atoms with Crippen molar-refractivity contribution in [2.24, 2.45) is 0 Å². The van der Waals surface area contributed by atoms with Crippen LogP contribution >= 0.6 is 39.1 Å².